The summed E-state index contributed by atoms with van der Waals surface area (Å²) in [4.78, 5) is 11.4. The first kappa shape index (κ1) is 19.6. The molecule has 0 N–H and O–H groups in total. The molecule has 5 heteroatoms. The molecule has 1 heterocycles. The van der Waals surface area contributed by atoms with Gasteiger partial charge >= 0.3 is 5.97 Å². The second-order valence-corrected chi connectivity index (χ2v) is 6.50. The van der Waals surface area contributed by atoms with Gasteiger partial charge in [0.1, 0.15) is 0 Å². The molecule has 25 heavy (non-hydrogen) atoms. The van der Waals surface area contributed by atoms with Crippen LogP contribution in [0.1, 0.15) is 39.2 Å². The number of benzene rings is 1. The van der Waals surface area contributed by atoms with Gasteiger partial charge in [-0.2, -0.15) is 0 Å². The van der Waals surface area contributed by atoms with Crippen molar-refractivity contribution in [2.75, 3.05) is 13.2 Å². The summed E-state index contributed by atoms with van der Waals surface area (Å²) in [6.07, 6.45) is 4.52. The highest BCUT2D eigenvalue weighted by molar-refractivity contribution is 5.81. The van der Waals surface area contributed by atoms with Gasteiger partial charge in [-0.25, -0.2) is 4.79 Å². The first-order valence-electron chi connectivity index (χ1n) is 8.79. The summed E-state index contributed by atoms with van der Waals surface area (Å²) >= 11 is 0. The fraction of sp³-hybridized carbons (Fsp3) is 0.550. The van der Waals surface area contributed by atoms with Gasteiger partial charge in [0.25, 0.3) is 0 Å². The molecule has 0 unspecified atom stereocenters. The summed E-state index contributed by atoms with van der Waals surface area (Å²) in [5.41, 5.74) is 1.12. The highest BCUT2D eigenvalue weighted by Gasteiger charge is 2.34. The van der Waals surface area contributed by atoms with Gasteiger partial charge in [-0.15, -0.1) is 0 Å². The predicted octanol–water partition coefficient (Wildman–Crippen LogP) is 3.62. The van der Waals surface area contributed by atoms with Gasteiger partial charge < -0.3 is 18.9 Å². The molecule has 1 saturated heterocycles. The number of rotatable bonds is 9. The van der Waals surface area contributed by atoms with E-state index in [9.17, 15) is 4.79 Å². The van der Waals surface area contributed by atoms with E-state index in [4.69, 9.17) is 18.9 Å². The Morgan fingerprint density at radius 3 is 2.76 bits per heavy atom. The minimum Gasteiger partial charge on any atom is -0.463 e. The van der Waals surface area contributed by atoms with Crippen LogP contribution in [-0.4, -0.2) is 37.2 Å². The Hall–Kier alpha value is -1.69. The lowest BCUT2D eigenvalue weighted by molar-refractivity contribution is -0.142. The maximum atomic E-state index is 11.4. The van der Waals surface area contributed by atoms with Crippen LogP contribution >= 0.6 is 0 Å². The number of ether oxygens (including phenoxy) is 4. The van der Waals surface area contributed by atoms with Crippen LogP contribution < -0.4 is 0 Å². The van der Waals surface area contributed by atoms with E-state index in [1.54, 1.807) is 13.0 Å². The van der Waals surface area contributed by atoms with Crippen molar-refractivity contribution in [2.45, 2.75) is 58.2 Å². The zero-order chi connectivity index (χ0) is 18.1. The molecule has 0 spiro atoms. The largest absolute Gasteiger partial charge is 0.463 e. The second-order valence-electron chi connectivity index (χ2n) is 6.50. The van der Waals surface area contributed by atoms with E-state index in [-0.39, 0.29) is 18.2 Å². The van der Waals surface area contributed by atoms with Crippen molar-refractivity contribution in [3.8, 4) is 0 Å². The zero-order valence-electron chi connectivity index (χ0n) is 15.3. The maximum absolute atomic E-state index is 11.4. The van der Waals surface area contributed by atoms with E-state index in [1.807, 2.05) is 44.2 Å². The SMILES string of the molecule is CCOC(=O)/C=C/C[C@H](C[C@@H]1COC(C)(C)O1)OCc1ccccc1. The quantitative estimate of drug-likeness (QED) is 0.504. The molecule has 1 aliphatic heterocycles. The first-order valence-corrected chi connectivity index (χ1v) is 8.79. The highest BCUT2D eigenvalue weighted by Crippen LogP contribution is 2.26. The Morgan fingerprint density at radius 2 is 2.12 bits per heavy atom. The van der Waals surface area contributed by atoms with Gasteiger partial charge in [0.15, 0.2) is 5.79 Å². The standard InChI is InChI=1S/C20H28O5/c1-4-22-19(21)12-8-11-17(13-18-15-24-20(2,3)25-18)23-14-16-9-6-5-7-10-16/h5-10,12,17-18H,4,11,13-15H2,1-3H3/b12-8+/t17-,18-/m1/s1. The minimum atomic E-state index is -0.546. The number of hydrogen-bond acceptors (Lipinski definition) is 5. The zero-order valence-corrected chi connectivity index (χ0v) is 15.3. The molecule has 0 aromatic heterocycles. The van der Waals surface area contributed by atoms with Crippen molar-refractivity contribution in [3.05, 3.63) is 48.0 Å². The summed E-state index contributed by atoms with van der Waals surface area (Å²) < 4.78 is 22.5. The molecule has 2 atom stereocenters. The molecule has 5 nitrogen and oxygen atoms in total. The Morgan fingerprint density at radius 1 is 1.36 bits per heavy atom. The van der Waals surface area contributed by atoms with E-state index in [0.717, 1.165) is 5.56 Å². The summed E-state index contributed by atoms with van der Waals surface area (Å²) in [6.45, 7) is 7.06. The third kappa shape index (κ3) is 7.38. The Kier molecular flexibility index (Phi) is 7.62. The van der Waals surface area contributed by atoms with Gasteiger partial charge in [-0.1, -0.05) is 36.4 Å². The summed E-state index contributed by atoms with van der Waals surface area (Å²) in [6, 6.07) is 10.0. The molecule has 0 radical (unpaired) electrons. The van der Waals surface area contributed by atoms with E-state index in [0.29, 0.717) is 32.7 Å². The average molecular weight is 348 g/mol. The van der Waals surface area contributed by atoms with Crippen LogP contribution in [0.3, 0.4) is 0 Å². The molecule has 138 valence electrons. The molecule has 0 aliphatic carbocycles. The van der Waals surface area contributed by atoms with Crippen LogP contribution in [0.2, 0.25) is 0 Å². The molecule has 0 amide bonds. The highest BCUT2D eigenvalue weighted by atomic mass is 16.7. The fourth-order valence-electron chi connectivity index (χ4n) is 2.70. The second kappa shape index (κ2) is 9.70. The topological polar surface area (TPSA) is 54.0 Å². The van der Waals surface area contributed by atoms with Crippen molar-refractivity contribution < 1.29 is 23.7 Å². The Balaban J connectivity index is 1.89. The molecule has 1 aliphatic rings. The number of hydrogen-bond donors (Lipinski definition) is 0. The molecule has 0 saturated carbocycles. The molecule has 1 fully saturated rings. The third-order valence-electron chi connectivity index (χ3n) is 3.86. The lowest BCUT2D eigenvalue weighted by atomic mass is 10.1. The first-order chi connectivity index (χ1) is 12.0. The number of carbonyl (C=O) groups excluding carboxylic acids is 1. The monoisotopic (exact) mass is 348 g/mol. The van der Waals surface area contributed by atoms with Crippen molar-refractivity contribution in [2.24, 2.45) is 0 Å². The van der Waals surface area contributed by atoms with Gasteiger partial charge in [0, 0.05) is 12.5 Å². The molecular formula is C20H28O5. The summed E-state index contributed by atoms with van der Waals surface area (Å²) in [5, 5.41) is 0. The van der Waals surface area contributed by atoms with Gasteiger partial charge in [-0.3, -0.25) is 0 Å². The normalized spacial score (nSPS) is 20.7. The van der Waals surface area contributed by atoms with Crippen molar-refractivity contribution >= 4 is 5.97 Å². The van der Waals surface area contributed by atoms with Crippen LogP contribution in [0, 0.1) is 0 Å². The lowest BCUT2D eigenvalue weighted by Gasteiger charge is -2.21. The van der Waals surface area contributed by atoms with Crippen LogP contribution in [-0.2, 0) is 30.3 Å². The third-order valence-corrected chi connectivity index (χ3v) is 3.86. The molecule has 1 aromatic rings. The van der Waals surface area contributed by atoms with Crippen LogP contribution in [0.15, 0.2) is 42.5 Å². The van der Waals surface area contributed by atoms with E-state index < -0.39 is 5.79 Å². The fourth-order valence-corrected chi connectivity index (χ4v) is 2.70. The molecular weight excluding hydrogens is 320 g/mol. The smallest absolute Gasteiger partial charge is 0.330 e. The lowest BCUT2D eigenvalue weighted by Crippen LogP contribution is -2.25. The van der Waals surface area contributed by atoms with Gasteiger partial charge in [0.2, 0.25) is 0 Å². The number of esters is 1. The van der Waals surface area contributed by atoms with Crippen LogP contribution in [0.25, 0.3) is 0 Å². The van der Waals surface area contributed by atoms with E-state index in [1.165, 1.54) is 6.08 Å². The van der Waals surface area contributed by atoms with Crippen LogP contribution in [0.5, 0.6) is 0 Å². The van der Waals surface area contributed by atoms with E-state index in [2.05, 4.69) is 0 Å². The summed E-state index contributed by atoms with van der Waals surface area (Å²) in [7, 11) is 0. The Bertz CT molecular complexity index is 552. The van der Waals surface area contributed by atoms with Gasteiger partial charge in [0.05, 0.1) is 32.0 Å². The molecule has 2 rings (SSSR count). The van der Waals surface area contributed by atoms with E-state index >= 15 is 0 Å². The predicted molar refractivity (Wildman–Crippen MR) is 94.9 cm³/mol. The van der Waals surface area contributed by atoms with Gasteiger partial charge in [-0.05, 0) is 32.8 Å². The maximum Gasteiger partial charge on any atom is 0.330 e. The van der Waals surface area contributed by atoms with Crippen LogP contribution in [0.4, 0.5) is 0 Å². The van der Waals surface area contributed by atoms with Crippen molar-refractivity contribution in [1.29, 1.82) is 0 Å². The number of carbonyl (C=O) groups is 1. The molecule has 1 aromatic carbocycles. The average Bonchev–Trinajstić information content (AvgIpc) is 2.92. The van der Waals surface area contributed by atoms with Crippen molar-refractivity contribution in [1.82, 2.24) is 0 Å². The minimum absolute atomic E-state index is 0.00762. The Labute approximate surface area is 149 Å². The van der Waals surface area contributed by atoms with Crippen molar-refractivity contribution in [3.63, 3.8) is 0 Å². The molecule has 0 bridgehead atoms. The summed E-state index contributed by atoms with van der Waals surface area (Å²) in [5.74, 6) is -0.874.